The molecule has 0 aliphatic carbocycles. The minimum Gasteiger partial charge on any atom is -0.495 e. The summed E-state index contributed by atoms with van der Waals surface area (Å²) in [5.41, 5.74) is 1.18. The zero-order valence-electron chi connectivity index (χ0n) is 20.9. The van der Waals surface area contributed by atoms with Gasteiger partial charge >= 0.3 is 0 Å². The summed E-state index contributed by atoms with van der Waals surface area (Å²) in [6.07, 6.45) is 0.494. The van der Waals surface area contributed by atoms with Crippen LogP contribution in [-0.2, 0) is 26.0 Å². The lowest BCUT2D eigenvalue weighted by Gasteiger charge is -2.31. The highest BCUT2D eigenvalue weighted by atomic mass is 35.5. The van der Waals surface area contributed by atoms with Crippen molar-refractivity contribution in [3.63, 3.8) is 0 Å². The van der Waals surface area contributed by atoms with Crippen LogP contribution in [0.25, 0.3) is 0 Å². The van der Waals surface area contributed by atoms with Crippen LogP contribution in [0.3, 0.4) is 0 Å². The monoisotopic (exact) mass is 543 g/mol. The van der Waals surface area contributed by atoms with E-state index in [9.17, 15) is 18.0 Å². The second kappa shape index (κ2) is 12.6. The van der Waals surface area contributed by atoms with Gasteiger partial charge in [-0.3, -0.25) is 13.9 Å². The van der Waals surface area contributed by atoms with Crippen molar-refractivity contribution in [3.05, 3.63) is 89.4 Å². The second-order valence-corrected chi connectivity index (χ2v) is 10.5. The number of anilines is 1. The third-order valence-electron chi connectivity index (χ3n) is 5.93. The van der Waals surface area contributed by atoms with Crippen molar-refractivity contribution in [1.29, 1.82) is 0 Å². The number of carbonyl (C=O) groups excluding carboxylic acids is 2. The van der Waals surface area contributed by atoms with E-state index in [-0.39, 0.29) is 28.1 Å². The lowest BCUT2D eigenvalue weighted by molar-refractivity contribution is -0.138. The SMILES string of the molecule is CNC(=O)[C@H](C)N(CCc1ccccc1)C(=O)CN(c1ccc(OC)c(Cl)c1)S(=O)(=O)c1ccccc1. The van der Waals surface area contributed by atoms with Crippen molar-refractivity contribution in [2.75, 3.05) is 31.6 Å². The van der Waals surface area contributed by atoms with Crippen LogP contribution < -0.4 is 14.4 Å². The van der Waals surface area contributed by atoms with Gasteiger partial charge in [-0.1, -0.05) is 60.1 Å². The van der Waals surface area contributed by atoms with Gasteiger partial charge in [0.1, 0.15) is 18.3 Å². The molecule has 0 aromatic heterocycles. The van der Waals surface area contributed by atoms with Crippen LogP contribution in [0.2, 0.25) is 5.02 Å². The number of benzene rings is 3. The number of likely N-dealkylation sites (N-methyl/N-ethyl adjacent to an activating group) is 1. The first-order valence-electron chi connectivity index (χ1n) is 11.7. The highest BCUT2D eigenvalue weighted by molar-refractivity contribution is 7.92. The highest BCUT2D eigenvalue weighted by Gasteiger charge is 2.32. The molecule has 0 fully saturated rings. The second-order valence-electron chi connectivity index (χ2n) is 8.26. The molecule has 8 nitrogen and oxygen atoms in total. The van der Waals surface area contributed by atoms with Gasteiger partial charge in [0.05, 0.1) is 22.7 Å². The molecule has 3 rings (SSSR count). The third-order valence-corrected chi connectivity index (χ3v) is 8.01. The lowest BCUT2D eigenvalue weighted by Crippen LogP contribution is -2.51. The number of hydrogen-bond donors (Lipinski definition) is 1. The minimum atomic E-state index is -4.15. The van der Waals surface area contributed by atoms with Crippen LogP contribution in [0.5, 0.6) is 5.75 Å². The summed E-state index contributed by atoms with van der Waals surface area (Å²) in [4.78, 5) is 27.6. The lowest BCUT2D eigenvalue weighted by atomic mass is 10.1. The predicted octanol–water partition coefficient (Wildman–Crippen LogP) is 3.75. The predicted molar refractivity (Wildman–Crippen MR) is 144 cm³/mol. The average molecular weight is 544 g/mol. The van der Waals surface area contributed by atoms with Gasteiger partial charge in [-0.05, 0) is 49.2 Å². The summed E-state index contributed by atoms with van der Waals surface area (Å²) in [6.45, 7) is 1.30. The number of halogens is 1. The minimum absolute atomic E-state index is 0.0184. The van der Waals surface area contributed by atoms with E-state index in [1.165, 1.54) is 49.4 Å². The Balaban J connectivity index is 2.00. The fourth-order valence-electron chi connectivity index (χ4n) is 3.84. The molecule has 3 aromatic carbocycles. The Morgan fingerprint density at radius 1 is 1.00 bits per heavy atom. The Hall–Kier alpha value is -3.56. The quantitative estimate of drug-likeness (QED) is 0.397. The van der Waals surface area contributed by atoms with Crippen molar-refractivity contribution < 1.29 is 22.7 Å². The van der Waals surface area contributed by atoms with Gasteiger partial charge in [-0.25, -0.2) is 8.42 Å². The van der Waals surface area contributed by atoms with Crippen molar-refractivity contribution >= 4 is 39.1 Å². The molecular formula is C27H30ClN3O5S. The van der Waals surface area contributed by atoms with E-state index in [1.54, 1.807) is 25.1 Å². The zero-order valence-corrected chi connectivity index (χ0v) is 22.5. The van der Waals surface area contributed by atoms with Gasteiger partial charge in [-0.2, -0.15) is 0 Å². The van der Waals surface area contributed by atoms with E-state index in [0.717, 1.165) is 9.87 Å². The Kier molecular flexibility index (Phi) is 9.54. The van der Waals surface area contributed by atoms with Crippen LogP contribution >= 0.6 is 11.6 Å². The smallest absolute Gasteiger partial charge is 0.264 e. The van der Waals surface area contributed by atoms with Crippen LogP contribution in [0.1, 0.15) is 12.5 Å². The summed E-state index contributed by atoms with van der Waals surface area (Å²) in [5, 5.41) is 2.76. The van der Waals surface area contributed by atoms with Crippen molar-refractivity contribution in [1.82, 2.24) is 10.2 Å². The molecule has 0 aliphatic rings. The normalized spacial score (nSPS) is 11.9. The van der Waals surface area contributed by atoms with Gasteiger partial charge in [0.25, 0.3) is 10.0 Å². The zero-order chi connectivity index (χ0) is 27.0. The van der Waals surface area contributed by atoms with E-state index in [0.29, 0.717) is 12.2 Å². The average Bonchev–Trinajstić information content (AvgIpc) is 2.92. The van der Waals surface area contributed by atoms with Crippen LogP contribution in [0.15, 0.2) is 83.8 Å². The van der Waals surface area contributed by atoms with Gasteiger partial charge in [-0.15, -0.1) is 0 Å². The number of nitrogens with zero attached hydrogens (tertiary/aromatic N) is 2. The molecule has 1 N–H and O–H groups in total. The molecule has 3 aromatic rings. The molecule has 0 bridgehead atoms. The molecular weight excluding hydrogens is 514 g/mol. The van der Waals surface area contributed by atoms with Crippen LogP contribution in [0, 0.1) is 0 Å². The summed E-state index contributed by atoms with van der Waals surface area (Å²) in [7, 11) is -1.21. The Morgan fingerprint density at radius 2 is 1.62 bits per heavy atom. The molecule has 196 valence electrons. The maximum absolute atomic E-state index is 13.7. The Morgan fingerprint density at radius 3 is 2.19 bits per heavy atom. The first kappa shape index (κ1) is 28.0. The maximum Gasteiger partial charge on any atom is 0.264 e. The molecule has 10 heteroatoms. The number of ether oxygens (including phenoxy) is 1. The Bertz CT molecular complexity index is 1320. The fraction of sp³-hybridized carbons (Fsp3) is 0.259. The van der Waals surface area contributed by atoms with E-state index >= 15 is 0 Å². The van der Waals surface area contributed by atoms with Crippen LogP contribution in [-0.4, -0.2) is 58.4 Å². The van der Waals surface area contributed by atoms with Gasteiger partial charge in [0, 0.05) is 13.6 Å². The topological polar surface area (TPSA) is 96.0 Å². The molecule has 2 amide bonds. The van der Waals surface area contributed by atoms with E-state index < -0.39 is 28.5 Å². The number of rotatable bonds is 11. The van der Waals surface area contributed by atoms with Crippen molar-refractivity contribution in [2.24, 2.45) is 0 Å². The summed E-state index contributed by atoms with van der Waals surface area (Å²) in [5.74, 6) is -0.517. The van der Waals surface area contributed by atoms with E-state index in [1.807, 2.05) is 30.3 Å². The summed E-state index contributed by atoms with van der Waals surface area (Å²) < 4.78 is 33.6. The van der Waals surface area contributed by atoms with E-state index in [4.69, 9.17) is 16.3 Å². The number of hydrogen-bond acceptors (Lipinski definition) is 5. The van der Waals surface area contributed by atoms with Gasteiger partial charge < -0.3 is 15.0 Å². The van der Waals surface area contributed by atoms with Gasteiger partial charge in [0.2, 0.25) is 11.8 Å². The molecule has 0 radical (unpaired) electrons. The third kappa shape index (κ3) is 6.81. The number of carbonyl (C=O) groups is 2. The molecule has 0 saturated carbocycles. The number of amides is 2. The number of nitrogens with one attached hydrogen (secondary N) is 1. The molecule has 1 atom stereocenters. The Labute approximate surface area is 222 Å². The summed E-state index contributed by atoms with van der Waals surface area (Å²) >= 11 is 6.30. The van der Waals surface area contributed by atoms with E-state index in [2.05, 4.69) is 5.32 Å². The van der Waals surface area contributed by atoms with Crippen molar-refractivity contribution in [3.8, 4) is 5.75 Å². The first-order valence-corrected chi connectivity index (χ1v) is 13.5. The van der Waals surface area contributed by atoms with Crippen LogP contribution in [0.4, 0.5) is 5.69 Å². The number of methoxy groups -OCH3 is 1. The molecule has 0 aliphatic heterocycles. The highest BCUT2D eigenvalue weighted by Crippen LogP contribution is 2.32. The molecule has 0 heterocycles. The molecule has 37 heavy (non-hydrogen) atoms. The standard InChI is InChI=1S/C27H30ClN3O5S/c1-20(27(33)29-2)30(17-16-21-10-6-4-7-11-21)26(32)19-31(22-14-15-25(36-3)24(28)18-22)37(34,35)23-12-8-5-9-13-23/h4-15,18,20H,16-17,19H2,1-3H3,(H,29,33)/t20-/m0/s1. The molecule has 0 saturated heterocycles. The largest absolute Gasteiger partial charge is 0.495 e. The molecule has 0 spiro atoms. The van der Waals surface area contributed by atoms with Crippen molar-refractivity contribution in [2.45, 2.75) is 24.3 Å². The van der Waals surface area contributed by atoms with Gasteiger partial charge in [0.15, 0.2) is 0 Å². The number of sulfonamides is 1. The maximum atomic E-state index is 13.7. The summed E-state index contributed by atoms with van der Waals surface area (Å²) in [6, 6.07) is 21.0. The first-order chi connectivity index (χ1) is 17.7. The molecule has 0 unspecified atom stereocenters. The fourth-order valence-corrected chi connectivity index (χ4v) is 5.52.